The zero-order valence-corrected chi connectivity index (χ0v) is 17.6. The summed E-state index contributed by atoms with van der Waals surface area (Å²) in [6.07, 6.45) is 2.26. The van der Waals surface area contributed by atoms with Crippen molar-refractivity contribution in [1.82, 2.24) is 9.88 Å². The van der Waals surface area contributed by atoms with Crippen LogP contribution in [0.5, 0.6) is 11.5 Å². The molecule has 1 unspecified atom stereocenters. The van der Waals surface area contributed by atoms with Crippen LogP contribution in [-0.2, 0) is 4.79 Å². The summed E-state index contributed by atoms with van der Waals surface area (Å²) < 4.78 is 19.2. The van der Waals surface area contributed by atoms with Crippen molar-refractivity contribution >= 4 is 11.8 Å². The molecule has 2 aromatic carbocycles. The first kappa shape index (κ1) is 22.2. The SMILES string of the molecule is Cc1ccc(Oc2ccc(NC(CCN(C)CC(=O)O)c3ccc(F)cc3)nc2)cc1. The van der Waals surface area contributed by atoms with Gasteiger partial charge in [-0.3, -0.25) is 9.69 Å². The standard InChI is InChI=1S/C24H26FN3O3/c1-17-3-9-20(10-4-17)31-21-11-12-23(26-15-21)27-22(13-14-28(2)16-24(29)30)18-5-7-19(25)8-6-18/h3-12,15,22H,13-14,16H2,1-2H3,(H,26,27)(H,29,30). The van der Waals surface area contributed by atoms with E-state index in [9.17, 15) is 9.18 Å². The first-order valence-electron chi connectivity index (χ1n) is 10.0. The molecule has 0 spiro atoms. The number of carboxylic acid groups (broad SMARTS) is 1. The number of pyridine rings is 1. The van der Waals surface area contributed by atoms with Gasteiger partial charge in [0.1, 0.15) is 23.1 Å². The van der Waals surface area contributed by atoms with Gasteiger partial charge in [0.05, 0.1) is 18.8 Å². The van der Waals surface area contributed by atoms with Gasteiger partial charge in [-0.2, -0.15) is 0 Å². The number of aryl methyl sites for hydroxylation is 1. The van der Waals surface area contributed by atoms with Crippen molar-refractivity contribution in [3.05, 3.63) is 83.8 Å². The summed E-state index contributed by atoms with van der Waals surface area (Å²) in [6.45, 7) is 2.53. The molecule has 0 fully saturated rings. The zero-order valence-electron chi connectivity index (χ0n) is 17.6. The van der Waals surface area contributed by atoms with Gasteiger partial charge in [0.2, 0.25) is 0 Å². The first-order valence-corrected chi connectivity index (χ1v) is 10.0. The fourth-order valence-electron chi connectivity index (χ4n) is 3.12. The summed E-state index contributed by atoms with van der Waals surface area (Å²) in [5.41, 5.74) is 2.05. The lowest BCUT2D eigenvalue weighted by Crippen LogP contribution is -2.28. The summed E-state index contributed by atoms with van der Waals surface area (Å²) in [5.74, 6) is 0.819. The predicted molar refractivity (Wildman–Crippen MR) is 118 cm³/mol. The van der Waals surface area contributed by atoms with Crippen molar-refractivity contribution < 1.29 is 19.0 Å². The average molecular weight is 423 g/mol. The van der Waals surface area contributed by atoms with Gasteiger partial charge in [-0.25, -0.2) is 9.37 Å². The van der Waals surface area contributed by atoms with E-state index in [0.717, 1.165) is 16.9 Å². The Morgan fingerprint density at radius 2 is 1.77 bits per heavy atom. The largest absolute Gasteiger partial charge is 0.480 e. The lowest BCUT2D eigenvalue weighted by molar-refractivity contribution is -0.138. The molecule has 0 aliphatic heterocycles. The van der Waals surface area contributed by atoms with E-state index in [-0.39, 0.29) is 18.4 Å². The molecule has 0 radical (unpaired) electrons. The molecule has 7 heteroatoms. The molecular weight excluding hydrogens is 397 g/mol. The number of anilines is 1. The maximum atomic E-state index is 13.4. The lowest BCUT2D eigenvalue weighted by Gasteiger charge is -2.23. The van der Waals surface area contributed by atoms with Gasteiger partial charge in [0.25, 0.3) is 0 Å². The number of ether oxygens (including phenoxy) is 1. The number of nitrogens with zero attached hydrogens (tertiary/aromatic N) is 2. The molecule has 3 aromatic rings. The second-order valence-corrected chi connectivity index (χ2v) is 7.46. The third-order valence-corrected chi connectivity index (χ3v) is 4.79. The monoisotopic (exact) mass is 423 g/mol. The maximum absolute atomic E-state index is 13.4. The molecule has 2 N–H and O–H groups in total. The number of benzene rings is 2. The Morgan fingerprint density at radius 1 is 1.10 bits per heavy atom. The maximum Gasteiger partial charge on any atom is 0.317 e. The van der Waals surface area contributed by atoms with Crippen LogP contribution < -0.4 is 10.1 Å². The Bertz CT molecular complexity index is 976. The summed E-state index contributed by atoms with van der Waals surface area (Å²) in [5, 5.41) is 12.3. The molecule has 1 aromatic heterocycles. The Kier molecular flexibility index (Phi) is 7.56. The first-order chi connectivity index (χ1) is 14.9. The van der Waals surface area contributed by atoms with Gasteiger partial charge >= 0.3 is 5.97 Å². The van der Waals surface area contributed by atoms with Crippen LogP contribution in [0.1, 0.15) is 23.6 Å². The van der Waals surface area contributed by atoms with Gasteiger partial charge < -0.3 is 15.2 Å². The summed E-state index contributed by atoms with van der Waals surface area (Å²) in [4.78, 5) is 17.1. The Morgan fingerprint density at radius 3 is 2.39 bits per heavy atom. The van der Waals surface area contributed by atoms with E-state index in [1.165, 1.54) is 12.1 Å². The highest BCUT2D eigenvalue weighted by atomic mass is 19.1. The number of halogens is 1. The Balaban J connectivity index is 1.68. The smallest absolute Gasteiger partial charge is 0.317 e. The van der Waals surface area contributed by atoms with E-state index in [1.807, 2.05) is 43.3 Å². The molecule has 3 rings (SSSR count). The lowest BCUT2D eigenvalue weighted by atomic mass is 10.0. The van der Waals surface area contributed by atoms with Crippen LogP contribution in [0.2, 0.25) is 0 Å². The molecule has 0 aliphatic rings. The number of likely N-dealkylation sites (N-methyl/N-ethyl adjacent to an activating group) is 1. The fourth-order valence-corrected chi connectivity index (χ4v) is 3.12. The van der Waals surface area contributed by atoms with Crippen LogP contribution in [0.25, 0.3) is 0 Å². The minimum Gasteiger partial charge on any atom is -0.480 e. The average Bonchev–Trinajstić information content (AvgIpc) is 2.74. The van der Waals surface area contributed by atoms with Crippen molar-refractivity contribution in [2.45, 2.75) is 19.4 Å². The Hall–Kier alpha value is -3.45. The molecule has 0 aliphatic carbocycles. The number of hydrogen-bond acceptors (Lipinski definition) is 5. The Labute approximate surface area is 181 Å². The third kappa shape index (κ3) is 7.08. The van der Waals surface area contributed by atoms with Crippen molar-refractivity contribution in [1.29, 1.82) is 0 Å². The van der Waals surface area contributed by atoms with E-state index in [1.54, 1.807) is 30.3 Å². The van der Waals surface area contributed by atoms with Crippen LogP contribution in [0.15, 0.2) is 66.9 Å². The van der Waals surface area contributed by atoms with Crippen molar-refractivity contribution in [2.24, 2.45) is 0 Å². The number of carbonyl (C=O) groups is 1. The topological polar surface area (TPSA) is 74.7 Å². The van der Waals surface area contributed by atoms with Crippen LogP contribution in [0.4, 0.5) is 10.2 Å². The van der Waals surface area contributed by atoms with E-state index < -0.39 is 5.97 Å². The highest BCUT2D eigenvalue weighted by molar-refractivity contribution is 5.69. The number of rotatable bonds is 10. The van der Waals surface area contributed by atoms with Gasteiger partial charge in [-0.15, -0.1) is 0 Å². The van der Waals surface area contributed by atoms with E-state index >= 15 is 0 Å². The van der Waals surface area contributed by atoms with E-state index in [4.69, 9.17) is 9.84 Å². The normalized spacial score (nSPS) is 11.9. The molecule has 31 heavy (non-hydrogen) atoms. The van der Waals surface area contributed by atoms with Gasteiger partial charge in [0, 0.05) is 6.54 Å². The number of aromatic nitrogens is 1. The quantitative estimate of drug-likeness (QED) is 0.484. The molecule has 1 atom stereocenters. The molecule has 162 valence electrons. The number of hydrogen-bond donors (Lipinski definition) is 2. The second-order valence-electron chi connectivity index (χ2n) is 7.46. The summed E-state index contributed by atoms with van der Waals surface area (Å²) in [6, 6.07) is 17.5. The molecule has 0 bridgehead atoms. The fraction of sp³-hybridized carbons (Fsp3) is 0.250. The van der Waals surface area contributed by atoms with Crippen LogP contribution >= 0.6 is 0 Å². The molecule has 6 nitrogen and oxygen atoms in total. The van der Waals surface area contributed by atoms with Crippen LogP contribution in [0.3, 0.4) is 0 Å². The van der Waals surface area contributed by atoms with E-state index in [0.29, 0.717) is 24.5 Å². The number of aliphatic carboxylic acids is 1. The number of nitrogens with one attached hydrogen (secondary N) is 1. The van der Waals surface area contributed by atoms with Crippen LogP contribution in [-0.4, -0.2) is 41.1 Å². The van der Waals surface area contributed by atoms with Crippen molar-refractivity contribution in [3.63, 3.8) is 0 Å². The van der Waals surface area contributed by atoms with E-state index in [2.05, 4.69) is 10.3 Å². The predicted octanol–water partition coefficient (Wildman–Crippen LogP) is 4.88. The summed E-state index contributed by atoms with van der Waals surface area (Å²) in [7, 11) is 1.76. The highest BCUT2D eigenvalue weighted by Crippen LogP contribution is 2.25. The molecule has 0 saturated heterocycles. The minimum absolute atomic E-state index is 0.0422. The highest BCUT2D eigenvalue weighted by Gasteiger charge is 2.15. The molecule has 1 heterocycles. The van der Waals surface area contributed by atoms with Crippen molar-refractivity contribution in [2.75, 3.05) is 25.5 Å². The molecular formula is C24H26FN3O3. The van der Waals surface area contributed by atoms with Gasteiger partial charge in [-0.1, -0.05) is 29.8 Å². The molecule has 0 saturated carbocycles. The number of carboxylic acids is 1. The summed E-state index contributed by atoms with van der Waals surface area (Å²) >= 11 is 0. The van der Waals surface area contributed by atoms with Crippen molar-refractivity contribution in [3.8, 4) is 11.5 Å². The molecule has 0 amide bonds. The second kappa shape index (κ2) is 10.5. The van der Waals surface area contributed by atoms with Gasteiger partial charge in [0.15, 0.2) is 0 Å². The van der Waals surface area contributed by atoms with Gasteiger partial charge in [-0.05, 0) is 62.4 Å². The third-order valence-electron chi connectivity index (χ3n) is 4.79. The van der Waals surface area contributed by atoms with Crippen LogP contribution in [0, 0.1) is 12.7 Å². The minimum atomic E-state index is -0.875. The zero-order chi connectivity index (χ0) is 22.2.